The maximum atomic E-state index is 12.4. The number of nitrogens with zero attached hydrogens (tertiary/aromatic N) is 1. The van der Waals surface area contributed by atoms with E-state index in [9.17, 15) is 9.90 Å². The molecule has 0 aliphatic heterocycles. The summed E-state index contributed by atoms with van der Waals surface area (Å²) < 4.78 is 11.9. The van der Waals surface area contributed by atoms with Gasteiger partial charge in [0.25, 0.3) is 5.91 Å². The first-order valence-corrected chi connectivity index (χ1v) is 13.3. The van der Waals surface area contributed by atoms with Gasteiger partial charge in [0.05, 0.1) is 18.3 Å². The molecule has 1 heterocycles. The predicted molar refractivity (Wildman–Crippen MR) is 153 cm³/mol. The number of thiophene rings is 1. The number of rotatable bonds is 12. The number of hydrogen-bond acceptors (Lipinski definition) is 7. The van der Waals surface area contributed by atoms with E-state index in [1.807, 2.05) is 36.4 Å². The van der Waals surface area contributed by atoms with Crippen molar-refractivity contribution in [1.82, 2.24) is 10.7 Å². The summed E-state index contributed by atoms with van der Waals surface area (Å²) in [6, 6.07) is 22.0. The van der Waals surface area contributed by atoms with Gasteiger partial charge in [0.15, 0.2) is 11.5 Å². The van der Waals surface area contributed by atoms with Crippen LogP contribution in [0.25, 0.3) is 11.1 Å². The Balaban J connectivity index is 1.46. The zero-order chi connectivity index (χ0) is 26.7. The Labute approximate surface area is 230 Å². The number of aromatic hydroxyl groups is 1. The van der Waals surface area contributed by atoms with Gasteiger partial charge in [0.2, 0.25) is 0 Å². The number of amides is 1. The molecule has 0 atom stereocenters. The van der Waals surface area contributed by atoms with Gasteiger partial charge in [-0.15, -0.1) is 11.3 Å². The second-order valence-corrected chi connectivity index (χ2v) is 9.70. The van der Waals surface area contributed by atoms with E-state index < -0.39 is 5.91 Å². The number of phenols is 1. The number of hydrazone groups is 1. The van der Waals surface area contributed by atoms with E-state index in [4.69, 9.17) is 21.1 Å². The second kappa shape index (κ2) is 13.6. The number of methoxy groups -OCH3 is 1. The molecule has 0 aliphatic carbocycles. The molecule has 196 valence electrons. The molecule has 4 aromatic rings. The SMILES string of the molecule is COc1cc(/C=N/NC(=O)c2ccc(O)c(Cl)c2)cc(-c2ccccc2)c1OCCNCCc1cccs1. The molecule has 0 saturated heterocycles. The average molecular weight is 550 g/mol. The van der Waals surface area contributed by atoms with E-state index >= 15 is 0 Å². The predicted octanol–water partition coefficient (Wildman–Crippen LogP) is 5.76. The van der Waals surface area contributed by atoms with Gasteiger partial charge in [0.1, 0.15) is 12.4 Å². The molecule has 3 aromatic carbocycles. The Morgan fingerprint density at radius 3 is 2.66 bits per heavy atom. The molecule has 0 fully saturated rings. The minimum atomic E-state index is -0.454. The topological polar surface area (TPSA) is 92.2 Å². The van der Waals surface area contributed by atoms with Crippen LogP contribution in [-0.4, -0.2) is 44.0 Å². The number of carbonyl (C=O) groups is 1. The van der Waals surface area contributed by atoms with Gasteiger partial charge in [-0.05, 0) is 59.3 Å². The number of ether oxygens (including phenoxy) is 2. The van der Waals surface area contributed by atoms with Crippen LogP contribution in [0.1, 0.15) is 20.8 Å². The first kappa shape index (κ1) is 27.2. The molecule has 1 aromatic heterocycles. The van der Waals surface area contributed by atoms with E-state index in [1.165, 1.54) is 29.3 Å². The third-order valence-electron chi connectivity index (χ3n) is 5.62. The monoisotopic (exact) mass is 549 g/mol. The van der Waals surface area contributed by atoms with Gasteiger partial charge >= 0.3 is 0 Å². The van der Waals surface area contributed by atoms with Gasteiger partial charge in [0, 0.05) is 29.1 Å². The first-order valence-electron chi connectivity index (χ1n) is 12.0. The first-order chi connectivity index (χ1) is 18.5. The van der Waals surface area contributed by atoms with Crippen molar-refractivity contribution in [3.63, 3.8) is 0 Å². The highest BCUT2D eigenvalue weighted by Gasteiger charge is 2.15. The number of hydrogen-bond donors (Lipinski definition) is 3. The molecule has 0 saturated carbocycles. The number of carbonyl (C=O) groups excluding carboxylic acids is 1. The maximum absolute atomic E-state index is 12.4. The van der Waals surface area contributed by atoms with Gasteiger partial charge < -0.3 is 19.9 Å². The van der Waals surface area contributed by atoms with Crippen LogP contribution in [0.5, 0.6) is 17.2 Å². The highest BCUT2D eigenvalue weighted by Crippen LogP contribution is 2.39. The number of phenolic OH excluding ortho intramolecular Hbond substituents is 1. The minimum Gasteiger partial charge on any atom is -0.506 e. The summed E-state index contributed by atoms with van der Waals surface area (Å²) in [7, 11) is 1.59. The van der Waals surface area contributed by atoms with Crippen molar-refractivity contribution in [1.29, 1.82) is 0 Å². The summed E-state index contributed by atoms with van der Waals surface area (Å²) in [5.41, 5.74) is 5.28. The molecule has 4 rings (SSSR count). The minimum absolute atomic E-state index is 0.0900. The molecule has 0 aliphatic rings. The highest BCUT2D eigenvalue weighted by atomic mass is 35.5. The van der Waals surface area contributed by atoms with Crippen LogP contribution >= 0.6 is 22.9 Å². The smallest absolute Gasteiger partial charge is 0.271 e. The van der Waals surface area contributed by atoms with E-state index in [-0.39, 0.29) is 16.3 Å². The molecule has 0 radical (unpaired) electrons. The molecule has 0 bridgehead atoms. The number of benzene rings is 3. The van der Waals surface area contributed by atoms with Crippen LogP contribution in [0, 0.1) is 0 Å². The quantitative estimate of drug-likeness (QED) is 0.119. The van der Waals surface area contributed by atoms with Crippen molar-refractivity contribution in [2.75, 3.05) is 26.8 Å². The largest absolute Gasteiger partial charge is 0.506 e. The second-order valence-electron chi connectivity index (χ2n) is 8.26. The zero-order valence-corrected chi connectivity index (χ0v) is 22.4. The lowest BCUT2D eigenvalue weighted by atomic mass is 10.0. The van der Waals surface area contributed by atoms with Gasteiger partial charge in [-0.1, -0.05) is 48.0 Å². The molecule has 7 nitrogen and oxygen atoms in total. The molecular weight excluding hydrogens is 522 g/mol. The van der Waals surface area contributed by atoms with Crippen molar-refractivity contribution < 1.29 is 19.4 Å². The summed E-state index contributed by atoms with van der Waals surface area (Å²) in [5, 5.41) is 19.2. The molecule has 38 heavy (non-hydrogen) atoms. The van der Waals surface area contributed by atoms with Crippen molar-refractivity contribution in [3.05, 3.63) is 99.2 Å². The van der Waals surface area contributed by atoms with Gasteiger partial charge in [-0.2, -0.15) is 5.10 Å². The summed E-state index contributed by atoms with van der Waals surface area (Å²) >= 11 is 7.66. The maximum Gasteiger partial charge on any atom is 0.271 e. The molecule has 3 N–H and O–H groups in total. The van der Waals surface area contributed by atoms with E-state index in [0.717, 1.165) is 24.1 Å². The fourth-order valence-electron chi connectivity index (χ4n) is 3.73. The third kappa shape index (κ3) is 7.35. The summed E-state index contributed by atoms with van der Waals surface area (Å²) in [6.45, 7) is 2.04. The van der Waals surface area contributed by atoms with Crippen LogP contribution in [0.2, 0.25) is 5.02 Å². The summed E-state index contributed by atoms with van der Waals surface area (Å²) in [5.74, 6) is 0.648. The van der Waals surface area contributed by atoms with E-state index in [0.29, 0.717) is 30.2 Å². The Morgan fingerprint density at radius 2 is 1.92 bits per heavy atom. The van der Waals surface area contributed by atoms with E-state index in [2.05, 4.69) is 33.4 Å². The zero-order valence-electron chi connectivity index (χ0n) is 20.8. The molecule has 0 unspecified atom stereocenters. The number of nitrogens with one attached hydrogen (secondary N) is 2. The standard InChI is InChI=1S/C29H28ClN3O4S/c1-36-27-17-20(19-32-33-29(35)22-9-10-26(34)25(30)18-22)16-24(21-6-3-2-4-7-21)28(27)37-14-13-31-12-11-23-8-5-15-38-23/h2-10,15-19,31,34H,11-14H2,1H3,(H,33,35)/b32-19+. The third-order valence-corrected chi connectivity index (χ3v) is 6.86. The molecular formula is C29H28ClN3O4S. The van der Waals surface area contributed by atoms with Crippen molar-refractivity contribution in [2.45, 2.75) is 6.42 Å². The summed E-state index contributed by atoms with van der Waals surface area (Å²) in [4.78, 5) is 13.8. The lowest BCUT2D eigenvalue weighted by Crippen LogP contribution is -2.23. The van der Waals surface area contributed by atoms with Crippen LogP contribution in [-0.2, 0) is 6.42 Å². The lowest BCUT2D eigenvalue weighted by molar-refractivity contribution is 0.0955. The van der Waals surface area contributed by atoms with Gasteiger partial charge in [-0.25, -0.2) is 5.43 Å². The summed E-state index contributed by atoms with van der Waals surface area (Å²) in [6.07, 6.45) is 2.52. The fourth-order valence-corrected chi connectivity index (χ4v) is 4.62. The number of halogens is 1. The Morgan fingerprint density at radius 1 is 1.08 bits per heavy atom. The Kier molecular flexibility index (Phi) is 9.75. The Hall–Kier alpha value is -3.85. The molecule has 1 amide bonds. The normalized spacial score (nSPS) is 11.0. The van der Waals surface area contributed by atoms with Crippen molar-refractivity contribution in [3.8, 4) is 28.4 Å². The molecule has 9 heteroatoms. The average Bonchev–Trinajstić information content (AvgIpc) is 3.46. The van der Waals surface area contributed by atoms with Crippen molar-refractivity contribution >= 4 is 35.1 Å². The van der Waals surface area contributed by atoms with E-state index in [1.54, 1.807) is 24.5 Å². The fraction of sp³-hybridized carbons (Fsp3) is 0.172. The lowest BCUT2D eigenvalue weighted by Gasteiger charge is -2.17. The highest BCUT2D eigenvalue weighted by molar-refractivity contribution is 7.09. The Bertz CT molecular complexity index is 1380. The van der Waals surface area contributed by atoms with Crippen LogP contribution < -0.4 is 20.2 Å². The van der Waals surface area contributed by atoms with Crippen molar-refractivity contribution in [2.24, 2.45) is 5.10 Å². The van der Waals surface area contributed by atoms with Gasteiger partial charge in [-0.3, -0.25) is 4.79 Å². The van der Waals surface area contributed by atoms with Crippen LogP contribution in [0.4, 0.5) is 0 Å². The molecule has 0 spiro atoms. The van der Waals surface area contributed by atoms with Crippen LogP contribution in [0.3, 0.4) is 0 Å². The van der Waals surface area contributed by atoms with Crippen LogP contribution in [0.15, 0.2) is 83.3 Å².